The van der Waals surface area contributed by atoms with Crippen molar-refractivity contribution in [2.75, 3.05) is 26.2 Å². The minimum atomic E-state index is -3.22. The van der Waals surface area contributed by atoms with E-state index < -0.39 is 69.1 Å². The van der Waals surface area contributed by atoms with Gasteiger partial charge in [-0.05, 0) is 61.8 Å². The Morgan fingerprint density at radius 1 is 1.00 bits per heavy atom. The number of aromatic hydroxyl groups is 1. The van der Waals surface area contributed by atoms with Gasteiger partial charge in [0.15, 0.2) is 0 Å². The molecule has 0 aliphatic carbocycles. The molecule has 0 amide bonds. The Balaban J connectivity index is 2.02. The molecule has 0 spiro atoms. The fourth-order valence-electron chi connectivity index (χ4n) is 2.53. The fourth-order valence-corrected chi connectivity index (χ4v) is 2.53. The van der Waals surface area contributed by atoms with Crippen LogP contribution in [-0.2, 0) is 17.7 Å². The van der Waals surface area contributed by atoms with Crippen LogP contribution in [0.3, 0.4) is 0 Å². The van der Waals surface area contributed by atoms with E-state index >= 15 is 0 Å². The van der Waals surface area contributed by atoms with Crippen molar-refractivity contribution in [2.45, 2.75) is 57.5 Å². The molecule has 4 N–H and O–H groups in total. The molecule has 0 radical (unpaired) electrons. The molecule has 166 valence electrons. The number of benzene rings is 2. The summed E-state index contributed by atoms with van der Waals surface area (Å²) in [5.41, 5.74) is 0.0571. The summed E-state index contributed by atoms with van der Waals surface area (Å²) in [6.45, 7) is -12.3. The first-order valence-corrected chi connectivity index (χ1v) is 9.73. The molecule has 0 aliphatic heterocycles. The van der Waals surface area contributed by atoms with Gasteiger partial charge in [-0.15, -0.1) is 0 Å². The molecule has 0 bridgehead atoms. The smallest absolute Gasteiger partial charge is 0.121 e. The zero-order valence-corrected chi connectivity index (χ0v) is 16.7. The number of aliphatic hydroxyl groups excluding tert-OH is 1. The number of hydrogen-bond acceptors (Lipinski definition) is 5. The van der Waals surface area contributed by atoms with Crippen LogP contribution in [0.15, 0.2) is 48.5 Å². The van der Waals surface area contributed by atoms with E-state index in [0.29, 0.717) is 12.8 Å². The van der Waals surface area contributed by atoms with E-state index in [1.54, 1.807) is 5.32 Å². The summed E-state index contributed by atoms with van der Waals surface area (Å²) in [7, 11) is 0. The van der Waals surface area contributed by atoms with Gasteiger partial charge in [-0.25, -0.2) is 0 Å². The molecule has 0 saturated carbocycles. The molecule has 1 atom stereocenters. The van der Waals surface area contributed by atoms with Crippen molar-refractivity contribution in [3.63, 3.8) is 0 Å². The molecule has 5 nitrogen and oxygen atoms in total. The highest BCUT2D eigenvalue weighted by Crippen LogP contribution is 2.22. The second-order valence-corrected chi connectivity index (χ2v) is 6.43. The predicted molar refractivity (Wildman–Crippen MR) is 121 cm³/mol. The van der Waals surface area contributed by atoms with Crippen LogP contribution in [-0.4, -0.2) is 41.5 Å². The normalized spacial score (nSPS) is 21.0. The van der Waals surface area contributed by atoms with Gasteiger partial charge < -0.3 is 25.4 Å². The summed E-state index contributed by atoms with van der Waals surface area (Å²) >= 11 is 0. The Morgan fingerprint density at radius 2 is 1.80 bits per heavy atom. The zero-order chi connectivity index (χ0) is 32.2. The van der Waals surface area contributed by atoms with Crippen molar-refractivity contribution < 1.29 is 36.5 Å². The van der Waals surface area contributed by atoms with Crippen LogP contribution in [0.4, 0.5) is 0 Å². The highest BCUT2D eigenvalue weighted by molar-refractivity contribution is 5.36. The predicted octanol–water partition coefficient (Wildman–Crippen LogP) is 4.11. The molecule has 0 fully saturated rings. The van der Waals surface area contributed by atoms with Crippen molar-refractivity contribution in [1.82, 2.24) is 5.32 Å². The number of phenols is 1. The molecule has 0 aliphatic rings. The van der Waals surface area contributed by atoms with E-state index in [9.17, 15) is 15.3 Å². The lowest BCUT2D eigenvalue weighted by atomic mass is 10.1. The van der Waals surface area contributed by atoms with E-state index in [0.717, 1.165) is 30.2 Å². The second kappa shape index (κ2) is 15.0. The Kier molecular flexibility index (Phi) is 6.09. The minimum Gasteiger partial charge on any atom is -0.508 e. The van der Waals surface area contributed by atoms with E-state index in [-0.39, 0.29) is 12.2 Å². The largest absolute Gasteiger partial charge is 0.508 e. The van der Waals surface area contributed by atoms with Crippen LogP contribution in [0.1, 0.15) is 77.7 Å². The topological polar surface area (TPSA) is 82.0 Å². The van der Waals surface area contributed by atoms with Crippen molar-refractivity contribution >= 4 is 0 Å². The number of aliphatic hydroxyl groups is 2. The Bertz CT molecular complexity index is 1160. The van der Waals surface area contributed by atoms with E-state index in [2.05, 4.69) is 0 Å². The number of aryl methyl sites for hydroxylation is 1. The number of rotatable bonds is 16. The Hall–Kier alpha value is -1.92. The lowest BCUT2D eigenvalue weighted by molar-refractivity contribution is 0.126. The number of unbranched alkanes of at least 4 members (excludes halogenated alkanes) is 1. The van der Waals surface area contributed by atoms with Crippen LogP contribution < -0.4 is 5.32 Å². The average Bonchev–Trinajstić information content (AvgIpc) is 2.86. The molecule has 2 aromatic carbocycles. The van der Waals surface area contributed by atoms with Crippen LogP contribution in [0, 0.1) is 0 Å². The number of ether oxygens (including phenoxy) is 1. The van der Waals surface area contributed by atoms with Crippen LogP contribution in [0.5, 0.6) is 5.75 Å². The SMILES string of the molecule is [2H]C([2H])(O)c1cc(C(O)C([2H])([2H])NC([2H])([2H])C([2H])([2H])CCC([2H])([2H])C([2H])([2H])OCCCCc2ccccc2)ccc1O. The summed E-state index contributed by atoms with van der Waals surface area (Å²) in [4.78, 5) is 0. The molecule has 1 unspecified atom stereocenters. The lowest BCUT2D eigenvalue weighted by Gasteiger charge is -2.14. The summed E-state index contributed by atoms with van der Waals surface area (Å²) in [6, 6.07) is 12.3. The van der Waals surface area contributed by atoms with Crippen molar-refractivity contribution in [3.05, 3.63) is 65.2 Å². The molecule has 5 heteroatoms. The molecular formula is C25H37NO4. The third kappa shape index (κ3) is 9.72. The van der Waals surface area contributed by atoms with E-state index in [1.165, 1.54) is 0 Å². The van der Waals surface area contributed by atoms with Gasteiger partial charge in [0.1, 0.15) is 5.75 Å². The van der Waals surface area contributed by atoms with Crippen molar-refractivity contribution in [1.29, 1.82) is 0 Å². The van der Waals surface area contributed by atoms with Crippen LogP contribution >= 0.6 is 0 Å². The van der Waals surface area contributed by atoms with Crippen LogP contribution in [0.2, 0.25) is 0 Å². The van der Waals surface area contributed by atoms with Gasteiger partial charge in [0.2, 0.25) is 0 Å². The standard InChI is InChI=1S/C25H37NO4/c27-20-23-18-22(13-14-24(23)28)25(29)19-26-15-7-1-2-8-16-30-17-9-6-12-21-10-4-3-5-11-21/h3-5,10-11,13-14,18,25-29H,1-2,6-9,12,15-17,19-20H2/i7D2,8D2,15D2,16D2,19D2,20D2. The van der Waals surface area contributed by atoms with E-state index in [1.807, 2.05) is 30.3 Å². The highest BCUT2D eigenvalue weighted by atomic mass is 16.5. The number of nitrogens with one attached hydrogen (secondary N) is 1. The van der Waals surface area contributed by atoms with Gasteiger partial charge in [-0.3, -0.25) is 0 Å². The lowest BCUT2D eigenvalue weighted by Crippen LogP contribution is -2.22. The third-order valence-electron chi connectivity index (χ3n) is 4.14. The summed E-state index contributed by atoms with van der Waals surface area (Å²) in [5.74, 6) is -0.677. The second-order valence-electron chi connectivity index (χ2n) is 6.43. The van der Waals surface area contributed by atoms with Gasteiger partial charge in [-0.1, -0.05) is 49.2 Å². The summed E-state index contributed by atoms with van der Waals surface area (Å²) < 4.78 is 101. The maximum Gasteiger partial charge on any atom is 0.121 e. The number of hydrogen-bond donors (Lipinski definition) is 4. The third-order valence-corrected chi connectivity index (χ3v) is 4.14. The first kappa shape index (κ1) is 12.2. The monoisotopic (exact) mass is 427 g/mol. The first-order chi connectivity index (χ1) is 19.0. The fraction of sp³-hybridized carbons (Fsp3) is 0.520. The van der Waals surface area contributed by atoms with Gasteiger partial charge in [0, 0.05) is 36.2 Å². The molecule has 2 aromatic rings. The Morgan fingerprint density at radius 3 is 2.60 bits per heavy atom. The first-order valence-electron chi connectivity index (χ1n) is 15.7. The van der Waals surface area contributed by atoms with Crippen molar-refractivity contribution in [3.8, 4) is 5.75 Å². The maximum absolute atomic E-state index is 10.6. The molecule has 2 rings (SSSR count). The van der Waals surface area contributed by atoms with Gasteiger partial charge >= 0.3 is 0 Å². The molecule has 0 aromatic heterocycles. The summed E-state index contributed by atoms with van der Waals surface area (Å²) in [5, 5.41) is 31.7. The molecule has 0 saturated heterocycles. The molecule has 0 heterocycles. The van der Waals surface area contributed by atoms with Gasteiger partial charge in [0.25, 0.3) is 0 Å². The van der Waals surface area contributed by atoms with Crippen LogP contribution in [0.25, 0.3) is 0 Å². The quantitative estimate of drug-likeness (QED) is 0.303. The summed E-state index contributed by atoms with van der Waals surface area (Å²) in [6.07, 6.45) is -7.80. The Labute approximate surface area is 197 Å². The maximum atomic E-state index is 10.6. The van der Waals surface area contributed by atoms with Gasteiger partial charge in [-0.2, -0.15) is 0 Å². The van der Waals surface area contributed by atoms with E-state index in [4.69, 9.17) is 21.2 Å². The highest BCUT2D eigenvalue weighted by Gasteiger charge is 2.09. The average molecular weight is 428 g/mol. The molecular weight excluding hydrogens is 378 g/mol. The zero-order valence-electron chi connectivity index (χ0n) is 28.7. The molecule has 30 heavy (non-hydrogen) atoms. The van der Waals surface area contributed by atoms with Gasteiger partial charge in [0.05, 0.1) is 18.1 Å². The van der Waals surface area contributed by atoms with Crippen molar-refractivity contribution in [2.24, 2.45) is 0 Å². The minimum absolute atomic E-state index is 0.0937.